The molecule has 14 heavy (non-hydrogen) atoms. The van der Waals surface area contributed by atoms with E-state index in [1.165, 1.54) is 0 Å². The van der Waals surface area contributed by atoms with Crippen molar-refractivity contribution in [3.63, 3.8) is 0 Å². The van der Waals surface area contributed by atoms with Crippen molar-refractivity contribution in [2.24, 2.45) is 5.73 Å². The Bertz CT molecular complexity index is 378. The summed E-state index contributed by atoms with van der Waals surface area (Å²) in [6.07, 6.45) is 0.887. The molecule has 0 bridgehead atoms. The quantitative estimate of drug-likeness (QED) is 0.757. The minimum absolute atomic E-state index is 0.0476. The molecule has 2 rings (SSSR count). The van der Waals surface area contributed by atoms with E-state index in [2.05, 4.69) is 0 Å². The average molecular weight is 211 g/mol. The fourth-order valence-corrected chi connectivity index (χ4v) is 1.89. The maximum Gasteiger partial charge on any atom is 0.240 e. The first-order chi connectivity index (χ1) is 6.72. The minimum Gasteiger partial charge on any atom is -0.322 e. The Hall–Kier alpha value is -1.06. The Labute approximate surface area is 87.4 Å². The number of benzene rings is 1. The molecule has 1 aromatic carbocycles. The molecule has 0 aromatic heterocycles. The number of nitrogens with two attached hydrogens (primary N) is 1. The molecule has 0 spiro atoms. The normalized spacial score (nSPS) is 14.3. The van der Waals surface area contributed by atoms with Crippen molar-refractivity contribution in [1.82, 2.24) is 0 Å². The van der Waals surface area contributed by atoms with Gasteiger partial charge in [-0.25, -0.2) is 0 Å². The van der Waals surface area contributed by atoms with Gasteiger partial charge in [0.15, 0.2) is 0 Å². The lowest BCUT2D eigenvalue weighted by Gasteiger charge is -2.16. The van der Waals surface area contributed by atoms with Gasteiger partial charge >= 0.3 is 0 Å². The van der Waals surface area contributed by atoms with Gasteiger partial charge in [0.2, 0.25) is 5.91 Å². The summed E-state index contributed by atoms with van der Waals surface area (Å²) in [4.78, 5) is 13.1. The van der Waals surface area contributed by atoms with Crippen LogP contribution in [0.2, 0.25) is 5.02 Å². The first kappa shape index (κ1) is 9.49. The third-order valence-corrected chi connectivity index (χ3v) is 2.65. The molecule has 1 aromatic rings. The van der Waals surface area contributed by atoms with Crippen molar-refractivity contribution in [3.8, 4) is 0 Å². The van der Waals surface area contributed by atoms with Crippen molar-refractivity contribution in [1.29, 1.82) is 0 Å². The molecule has 3 nitrogen and oxygen atoms in total. The Kier molecular flexibility index (Phi) is 2.44. The van der Waals surface area contributed by atoms with Crippen LogP contribution < -0.4 is 10.6 Å². The third-order valence-electron chi connectivity index (χ3n) is 2.42. The molecule has 1 aliphatic rings. The molecule has 0 radical (unpaired) electrons. The summed E-state index contributed by atoms with van der Waals surface area (Å²) in [5.41, 5.74) is 7.40. The van der Waals surface area contributed by atoms with Crippen LogP contribution in [-0.4, -0.2) is 19.0 Å². The molecule has 74 valence electrons. The van der Waals surface area contributed by atoms with Crippen LogP contribution in [0.3, 0.4) is 0 Å². The molecule has 2 N–H and O–H groups in total. The number of nitrogens with zero attached hydrogens (tertiary/aromatic N) is 1. The van der Waals surface area contributed by atoms with Gasteiger partial charge in [0.1, 0.15) is 0 Å². The molecule has 0 aliphatic carbocycles. The van der Waals surface area contributed by atoms with Gasteiger partial charge in [0.25, 0.3) is 0 Å². The lowest BCUT2D eigenvalue weighted by molar-refractivity contribution is -0.117. The van der Waals surface area contributed by atoms with Crippen molar-refractivity contribution in [3.05, 3.63) is 28.8 Å². The number of carbonyl (C=O) groups excluding carboxylic acids is 1. The van der Waals surface area contributed by atoms with E-state index in [1.54, 1.807) is 4.90 Å². The van der Waals surface area contributed by atoms with Crippen LogP contribution in [0.5, 0.6) is 0 Å². The van der Waals surface area contributed by atoms with Crippen LogP contribution in [0.25, 0.3) is 0 Å². The molecule has 1 heterocycles. The Morgan fingerprint density at radius 1 is 1.57 bits per heavy atom. The Balaban J connectivity index is 2.38. The second-order valence-corrected chi connectivity index (χ2v) is 3.71. The SMILES string of the molecule is NCC(=O)N1CCc2ccc(Cl)cc21. The molecule has 4 heteroatoms. The number of rotatable bonds is 1. The second-order valence-electron chi connectivity index (χ2n) is 3.27. The van der Waals surface area contributed by atoms with E-state index in [1.807, 2.05) is 18.2 Å². The zero-order chi connectivity index (χ0) is 10.1. The van der Waals surface area contributed by atoms with Gasteiger partial charge in [-0.2, -0.15) is 0 Å². The van der Waals surface area contributed by atoms with E-state index < -0.39 is 0 Å². The number of carbonyl (C=O) groups is 1. The van der Waals surface area contributed by atoms with Gasteiger partial charge in [-0.05, 0) is 24.1 Å². The average Bonchev–Trinajstić information content (AvgIpc) is 2.59. The summed E-state index contributed by atoms with van der Waals surface area (Å²) < 4.78 is 0. The fraction of sp³-hybridized carbons (Fsp3) is 0.300. The number of fused-ring (bicyclic) bond motifs is 1. The van der Waals surface area contributed by atoms with Crippen molar-refractivity contribution in [2.75, 3.05) is 18.0 Å². The summed E-state index contributed by atoms with van der Waals surface area (Å²) in [6, 6.07) is 5.62. The van der Waals surface area contributed by atoms with Crippen LogP contribution in [0.1, 0.15) is 5.56 Å². The van der Waals surface area contributed by atoms with Crippen molar-refractivity contribution in [2.45, 2.75) is 6.42 Å². The molecule has 1 amide bonds. The van der Waals surface area contributed by atoms with E-state index in [0.29, 0.717) is 11.6 Å². The molecular weight excluding hydrogens is 200 g/mol. The van der Waals surface area contributed by atoms with Crippen LogP contribution >= 0.6 is 11.6 Å². The summed E-state index contributed by atoms with van der Waals surface area (Å²) >= 11 is 5.87. The highest BCUT2D eigenvalue weighted by molar-refractivity contribution is 6.31. The van der Waals surface area contributed by atoms with Crippen LogP contribution in [0.15, 0.2) is 18.2 Å². The molecule has 0 atom stereocenters. The highest BCUT2D eigenvalue weighted by Crippen LogP contribution is 2.30. The van der Waals surface area contributed by atoms with Crippen LogP contribution in [0.4, 0.5) is 5.69 Å². The zero-order valence-electron chi connectivity index (χ0n) is 7.66. The zero-order valence-corrected chi connectivity index (χ0v) is 8.42. The lowest BCUT2D eigenvalue weighted by Crippen LogP contribution is -2.34. The van der Waals surface area contributed by atoms with Gasteiger partial charge < -0.3 is 10.6 Å². The number of anilines is 1. The van der Waals surface area contributed by atoms with E-state index in [-0.39, 0.29) is 12.5 Å². The predicted octanol–water partition coefficient (Wildman–Crippen LogP) is 1.19. The van der Waals surface area contributed by atoms with Gasteiger partial charge in [0.05, 0.1) is 6.54 Å². The standard InChI is InChI=1S/C10H11ClN2O/c11-8-2-1-7-3-4-13(9(7)5-8)10(14)6-12/h1-2,5H,3-4,6,12H2. The first-order valence-electron chi connectivity index (χ1n) is 4.51. The molecular formula is C10H11ClN2O. The highest BCUT2D eigenvalue weighted by Gasteiger charge is 2.23. The fourth-order valence-electron chi connectivity index (χ4n) is 1.72. The maximum atomic E-state index is 11.4. The number of hydrogen-bond acceptors (Lipinski definition) is 2. The number of amides is 1. The summed E-state index contributed by atoms with van der Waals surface area (Å²) in [6.45, 7) is 0.762. The molecule has 0 unspecified atom stereocenters. The minimum atomic E-state index is -0.0500. The van der Waals surface area contributed by atoms with Gasteiger partial charge in [-0.3, -0.25) is 4.79 Å². The van der Waals surface area contributed by atoms with E-state index in [4.69, 9.17) is 17.3 Å². The Morgan fingerprint density at radius 3 is 3.07 bits per heavy atom. The van der Waals surface area contributed by atoms with Crippen molar-refractivity contribution >= 4 is 23.2 Å². The lowest BCUT2D eigenvalue weighted by atomic mass is 10.2. The van der Waals surface area contributed by atoms with Crippen molar-refractivity contribution < 1.29 is 4.79 Å². The monoisotopic (exact) mass is 210 g/mol. The van der Waals surface area contributed by atoms with Gasteiger partial charge in [0, 0.05) is 17.3 Å². The second kappa shape index (κ2) is 3.59. The van der Waals surface area contributed by atoms with E-state index in [0.717, 1.165) is 17.7 Å². The van der Waals surface area contributed by atoms with E-state index >= 15 is 0 Å². The summed E-state index contributed by atoms with van der Waals surface area (Å²) in [7, 11) is 0. The Morgan fingerprint density at radius 2 is 2.36 bits per heavy atom. The topological polar surface area (TPSA) is 46.3 Å². The number of halogens is 1. The largest absolute Gasteiger partial charge is 0.322 e. The molecule has 0 saturated heterocycles. The number of hydrogen-bond donors (Lipinski definition) is 1. The third kappa shape index (κ3) is 1.49. The van der Waals surface area contributed by atoms with E-state index in [9.17, 15) is 4.79 Å². The van der Waals surface area contributed by atoms with Gasteiger partial charge in [-0.15, -0.1) is 0 Å². The highest BCUT2D eigenvalue weighted by atomic mass is 35.5. The smallest absolute Gasteiger partial charge is 0.240 e. The summed E-state index contributed by atoms with van der Waals surface area (Å²) in [5.74, 6) is -0.0500. The molecule has 0 saturated carbocycles. The predicted molar refractivity (Wildman–Crippen MR) is 56.6 cm³/mol. The molecule has 0 fully saturated rings. The maximum absolute atomic E-state index is 11.4. The first-order valence-corrected chi connectivity index (χ1v) is 4.89. The van der Waals surface area contributed by atoms with Crippen LogP contribution in [-0.2, 0) is 11.2 Å². The summed E-state index contributed by atoms with van der Waals surface area (Å²) in [5, 5.41) is 0.653. The molecule has 1 aliphatic heterocycles. The van der Waals surface area contributed by atoms with Gasteiger partial charge in [-0.1, -0.05) is 17.7 Å². The van der Waals surface area contributed by atoms with Crippen LogP contribution in [0, 0.1) is 0 Å².